The molecule has 1 heteroatoms. The molecule has 0 aromatic heterocycles. The van der Waals surface area contributed by atoms with Crippen molar-refractivity contribution >= 4 is 0 Å². The lowest BCUT2D eigenvalue weighted by Crippen LogP contribution is -2.03. The van der Waals surface area contributed by atoms with Crippen LogP contribution in [0.1, 0.15) is 57.4 Å². The highest BCUT2D eigenvalue weighted by atomic mass is 16.5. The van der Waals surface area contributed by atoms with E-state index in [1.807, 2.05) is 6.07 Å². The van der Waals surface area contributed by atoms with Crippen molar-refractivity contribution in [2.45, 2.75) is 58.5 Å². The van der Waals surface area contributed by atoms with Crippen LogP contribution >= 0.6 is 0 Å². The second-order valence-corrected chi connectivity index (χ2v) is 6.06. The lowest BCUT2D eigenvalue weighted by molar-refractivity contribution is 0.116. The fourth-order valence-electron chi connectivity index (χ4n) is 3.20. The molecule has 1 nitrogen and oxygen atoms in total. The van der Waals surface area contributed by atoms with E-state index in [2.05, 4.69) is 31.2 Å². The van der Waals surface area contributed by atoms with Crippen LogP contribution in [0.4, 0.5) is 0 Å². The molecule has 1 saturated carbocycles. The summed E-state index contributed by atoms with van der Waals surface area (Å²) in [6, 6.07) is 10.4. The van der Waals surface area contributed by atoms with Crippen LogP contribution in [0.2, 0.25) is 0 Å². The van der Waals surface area contributed by atoms with Gasteiger partial charge in [-0.3, -0.25) is 0 Å². The van der Waals surface area contributed by atoms with Gasteiger partial charge in [-0.2, -0.15) is 0 Å². The Hall–Kier alpha value is -0.820. The van der Waals surface area contributed by atoms with Crippen molar-refractivity contribution < 1.29 is 4.74 Å². The first kappa shape index (κ1) is 14.6. The predicted octanol–water partition coefficient (Wildman–Crippen LogP) is 5.20. The summed E-state index contributed by atoms with van der Waals surface area (Å²) < 4.78 is 5.71. The number of rotatable bonds is 8. The second-order valence-electron chi connectivity index (χ2n) is 6.06. The molecule has 0 saturated heterocycles. The number of hydrogen-bond acceptors (Lipinski definition) is 1. The monoisotopic (exact) mass is 260 g/mol. The van der Waals surface area contributed by atoms with E-state index in [0.717, 1.165) is 25.0 Å². The van der Waals surface area contributed by atoms with Crippen molar-refractivity contribution in [3.8, 4) is 0 Å². The van der Waals surface area contributed by atoms with Gasteiger partial charge in [0.25, 0.3) is 0 Å². The molecule has 1 aliphatic carbocycles. The second kappa shape index (κ2) is 8.37. The third kappa shape index (κ3) is 5.36. The van der Waals surface area contributed by atoms with Crippen LogP contribution in [0.3, 0.4) is 0 Å². The van der Waals surface area contributed by atoms with Crippen LogP contribution in [-0.4, -0.2) is 6.61 Å². The van der Waals surface area contributed by atoms with Crippen molar-refractivity contribution in [2.75, 3.05) is 6.61 Å². The van der Waals surface area contributed by atoms with Crippen molar-refractivity contribution in [3.05, 3.63) is 35.9 Å². The zero-order valence-electron chi connectivity index (χ0n) is 12.3. The van der Waals surface area contributed by atoms with E-state index < -0.39 is 0 Å². The number of ether oxygens (including phenoxy) is 1. The predicted molar refractivity (Wildman–Crippen MR) is 81.1 cm³/mol. The Morgan fingerprint density at radius 2 is 1.89 bits per heavy atom. The maximum absolute atomic E-state index is 5.71. The minimum Gasteiger partial charge on any atom is -0.377 e. The molecule has 1 aromatic carbocycles. The molecule has 106 valence electrons. The quantitative estimate of drug-likeness (QED) is 0.584. The zero-order chi connectivity index (χ0) is 13.3. The third-order valence-electron chi connectivity index (χ3n) is 4.51. The Kier molecular flexibility index (Phi) is 6.43. The highest BCUT2D eigenvalue weighted by Gasteiger charge is 2.22. The zero-order valence-corrected chi connectivity index (χ0v) is 12.3. The van der Waals surface area contributed by atoms with E-state index in [1.165, 1.54) is 50.5 Å². The molecule has 2 atom stereocenters. The molecule has 0 spiro atoms. The largest absolute Gasteiger partial charge is 0.377 e. The van der Waals surface area contributed by atoms with E-state index in [1.54, 1.807) is 0 Å². The standard InChI is InChI=1S/C18H28O/c1-16-9-8-13-18(16)12-6-3-7-14-19-15-17-10-4-2-5-11-17/h2,4-5,10-11,16,18H,3,6-9,12-15H2,1H3. The highest BCUT2D eigenvalue weighted by molar-refractivity contribution is 5.13. The van der Waals surface area contributed by atoms with Crippen LogP contribution in [-0.2, 0) is 11.3 Å². The smallest absolute Gasteiger partial charge is 0.0716 e. The molecule has 2 rings (SSSR count). The summed E-state index contributed by atoms with van der Waals surface area (Å²) in [5.41, 5.74) is 1.28. The van der Waals surface area contributed by atoms with Gasteiger partial charge < -0.3 is 4.74 Å². The van der Waals surface area contributed by atoms with E-state index in [4.69, 9.17) is 4.74 Å². The van der Waals surface area contributed by atoms with Gasteiger partial charge >= 0.3 is 0 Å². The minimum absolute atomic E-state index is 0.764. The van der Waals surface area contributed by atoms with E-state index in [0.29, 0.717) is 0 Å². The number of hydrogen-bond donors (Lipinski definition) is 0. The van der Waals surface area contributed by atoms with Gasteiger partial charge in [0.05, 0.1) is 6.61 Å². The van der Waals surface area contributed by atoms with Gasteiger partial charge in [0.2, 0.25) is 0 Å². The Balaban J connectivity index is 1.44. The number of benzene rings is 1. The Labute approximate surface area is 118 Å². The van der Waals surface area contributed by atoms with Gasteiger partial charge in [-0.15, -0.1) is 0 Å². The fraction of sp³-hybridized carbons (Fsp3) is 0.667. The average Bonchev–Trinajstić information content (AvgIpc) is 2.84. The van der Waals surface area contributed by atoms with Gasteiger partial charge in [-0.1, -0.05) is 75.8 Å². The van der Waals surface area contributed by atoms with Crippen LogP contribution in [0.5, 0.6) is 0 Å². The average molecular weight is 260 g/mol. The maximum atomic E-state index is 5.71. The molecule has 0 heterocycles. The first-order valence-electron chi connectivity index (χ1n) is 7.98. The summed E-state index contributed by atoms with van der Waals surface area (Å²) in [5, 5.41) is 0. The van der Waals surface area contributed by atoms with Crippen molar-refractivity contribution in [1.82, 2.24) is 0 Å². The molecule has 2 unspecified atom stereocenters. The Morgan fingerprint density at radius 3 is 2.63 bits per heavy atom. The fourth-order valence-corrected chi connectivity index (χ4v) is 3.20. The van der Waals surface area contributed by atoms with Gasteiger partial charge in [-0.25, -0.2) is 0 Å². The summed E-state index contributed by atoms with van der Waals surface area (Å²) in [6.07, 6.45) is 9.79. The molecular formula is C18H28O. The molecule has 0 amide bonds. The SMILES string of the molecule is CC1CCCC1CCCCCOCc1ccccc1. The van der Waals surface area contributed by atoms with Crippen molar-refractivity contribution in [1.29, 1.82) is 0 Å². The lowest BCUT2D eigenvalue weighted by Gasteiger charge is -2.14. The maximum Gasteiger partial charge on any atom is 0.0716 e. The summed E-state index contributed by atoms with van der Waals surface area (Å²) in [4.78, 5) is 0. The topological polar surface area (TPSA) is 9.23 Å². The molecule has 1 aromatic rings. The highest BCUT2D eigenvalue weighted by Crippen LogP contribution is 2.34. The lowest BCUT2D eigenvalue weighted by atomic mass is 9.92. The first-order valence-corrected chi connectivity index (χ1v) is 7.98. The van der Waals surface area contributed by atoms with Crippen molar-refractivity contribution in [2.24, 2.45) is 11.8 Å². The summed E-state index contributed by atoms with van der Waals surface area (Å²) >= 11 is 0. The Morgan fingerprint density at radius 1 is 1.05 bits per heavy atom. The van der Waals surface area contributed by atoms with Gasteiger partial charge in [0.1, 0.15) is 0 Å². The van der Waals surface area contributed by atoms with Gasteiger partial charge in [-0.05, 0) is 23.8 Å². The van der Waals surface area contributed by atoms with Gasteiger partial charge in [0, 0.05) is 6.61 Å². The molecule has 0 N–H and O–H groups in total. The van der Waals surface area contributed by atoms with Crippen molar-refractivity contribution in [3.63, 3.8) is 0 Å². The summed E-state index contributed by atoms with van der Waals surface area (Å²) in [5.74, 6) is 2.00. The summed E-state index contributed by atoms with van der Waals surface area (Å²) in [6.45, 7) is 4.11. The molecular weight excluding hydrogens is 232 g/mol. The molecule has 19 heavy (non-hydrogen) atoms. The van der Waals surface area contributed by atoms with Gasteiger partial charge in [0.15, 0.2) is 0 Å². The molecule has 0 aliphatic heterocycles. The molecule has 1 fully saturated rings. The first-order chi connectivity index (χ1) is 9.36. The van der Waals surface area contributed by atoms with Crippen LogP contribution in [0, 0.1) is 11.8 Å². The third-order valence-corrected chi connectivity index (χ3v) is 4.51. The molecule has 1 aliphatic rings. The van der Waals surface area contributed by atoms with Crippen LogP contribution in [0.15, 0.2) is 30.3 Å². The van der Waals surface area contributed by atoms with E-state index in [9.17, 15) is 0 Å². The molecule has 0 bridgehead atoms. The Bertz CT molecular complexity index is 333. The number of unbranched alkanes of at least 4 members (excludes halogenated alkanes) is 2. The van der Waals surface area contributed by atoms with Crippen LogP contribution < -0.4 is 0 Å². The van der Waals surface area contributed by atoms with E-state index in [-0.39, 0.29) is 0 Å². The molecule has 0 radical (unpaired) electrons. The summed E-state index contributed by atoms with van der Waals surface area (Å²) in [7, 11) is 0. The van der Waals surface area contributed by atoms with Crippen LogP contribution in [0.25, 0.3) is 0 Å². The van der Waals surface area contributed by atoms with E-state index >= 15 is 0 Å². The normalized spacial score (nSPS) is 22.8. The minimum atomic E-state index is 0.764.